The number of amides is 1. The molecule has 0 aromatic heterocycles. The van der Waals surface area contributed by atoms with Crippen molar-refractivity contribution in [3.8, 4) is 0 Å². The van der Waals surface area contributed by atoms with Gasteiger partial charge in [-0.3, -0.25) is 9.36 Å². The molecule has 0 aromatic rings. The lowest BCUT2D eigenvalue weighted by Crippen LogP contribution is -2.53. The highest BCUT2D eigenvalue weighted by atomic mass is 31.2. The van der Waals surface area contributed by atoms with Crippen molar-refractivity contribution in [2.75, 3.05) is 13.2 Å². The van der Waals surface area contributed by atoms with Gasteiger partial charge in [-0.25, -0.2) is 4.99 Å². The zero-order valence-electron chi connectivity index (χ0n) is 17.5. The standard InChI is InChI=1S/C18H35N4O5P/c1-6-13(7-2)27-16-11-14(28(24,25-8-3)26-9-4)10-15(22-18(19)20)17(16)21-12(5)23/h11,13,15-17H,6-10H2,1-5H3,(H,21,23)(H4,19,20,22)/t15-,16+,17+/m0/s1. The molecule has 5 N–H and O–H groups in total. The van der Waals surface area contributed by atoms with E-state index in [0.717, 1.165) is 12.8 Å². The number of hydrogen-bond acceptors (Lipinski definition) is 6. The first-order chi connectivity index (χ1) is 13.2. The fourth-order valence-corrected chi connectivity index (χ4v) is 5.05. The van der Waals surface area contributed by atoms with Gasteiger partial charge in [-0.05, 0) is 32.8 Å². The number of rotatable bonds is 11. The van der Waals surface area contributed by atoms with Gasteiger partial charge in [0.15, 0.2) is 5.96 Å². The molecule has 1 rings (SSSR count). The summed E-state index contributed by atoms with van der Waals surface area (Å²) in [4.78, 5) is 16.1. The Hall–Kier alpha value is -1.41. The zero-order chi connectivity index (χ0) is 21.3. The van der Waals surface area contributed by atoms with Gasteiger partial charge in [-0.2, -0.15) is 0 Å². The van der Waals surface area contributed by atoms with Crippen LogP contribution in [0.1, 0.15) is 53.9 Å². The molecule has 0 aliphatic heterocycles. The van der Waals surface area contributed by atoms with Crippen LogP contribution in [-0.2, 0) is 23.1 Å². The minimum absolute atomic E-state index is 0.0321. The van der Waals surface area contributed by atoms with Crippen LogP contribution in [-0.4, -0.2) is 49.4 Å². The molecule has 0 unspecified atom stereocenters. The molecule has 0 heterocycles. The average molecular weight is 418 g/mol. The van der Waals surface area contributed by atoms with Crippen molar-refractivity contribution in [2.24, 2.45) is 16.5 Å². The van der Waals surface area contributed by atoms with E-state index >= 15 is 0 Å². The van der Waals surface area contributed by atoms with Crippen molar-refractivity contribution in [1.82, 2.24) is 5.32 Å². The molecule has 1 amide bonds. The minimum atomic E-state index is -3.52. The second-order valence-electron chi connectivity index (χ2n) is 6.58. The number of guanidine groups is 1. The zero-order valence-corrected chi connectivity index (χ0v) is 18.4. The topological polar surface area (TPSA) is 138 Å². The largest absolute Gasteiger partial charge is 0.370 e. The number of aliphatic imine (C=N–C) groups is 1. The first kappa shape index (κ1) is 24.6. The SMILES string of the molecule is CCOP(=O)(OCC)C1=C[C@@H](OC(CC)CC)[C@H](NC(C)=O)[C@@H](N=C(N)N)C1. The third-order valence-electron chi connectivity index (χ3n) is 4.44. The first-order valence-corrected chi connectivity index (χ1v) is 11.4. The van der Waals surface area contributed by atoms with E-state index in [2.05, 4.69) is 10.3 Å². The fraction of sp³-hybridized carbons (Fsp3) is 0.778. The summed E-state index contributed by atoms with van der Waals surface area (Å²) < 4.78 is 30.5. The van der Waals surface area contributed by atoms with Crippen molar-refractivity contribution < 1.29 is 23.1 Å². The normalized spacial score (nSPS) is 22.6. The Morgan fingerprint density at radius 1 is 1.25 bits per heavy atom. The van der Waals surface area contributed by atoms with Gasteiger partial charge in [0.2, 0.25) is 5.91 Å². The second-order valence-corrected chi connectivity index (χ2v) is 8.67. The Morgan fingerprint density at radius 2 is 1.82 bits per heavy atom. The van der Waals surface area contributed by atoms with E-state index in [1.54, 1.807) is 19.9 Å². The van der Waals surface area contributed by atoms with Crippen LogP contribution >= 0.6 is 7.60 Å². The van der Waals surface area contributed by atoms with Crippen LogP contribution < -0.4 is 16.8 Å². The molecule has 0 spiro atoms. The summed E-state index contributed by atoms with van der Waals surface area (Å²) in [7, 11) is -3.52. The Morgan fingerprint density at radius 3 is 2.25 bits per heavy atom. The van der Waals surface area contributed by atoms with Crippen LogP contribution in [0, 0.1) is 0 Å². The highest BCUT2D eigenvalue weighted by Gasteiger charge is 2.42. The van der Waals surface area contributed by atoms with Crippen molar-refractivity contribution in [2.45, 2.75) is 78.2 Å². The number of ether oxygens (including phenoxy) is 1. The van der Waals surface area contributed by atoms with Crippen molar-refractivity contribution >= 4 is 19.5 Å². The van der Waals surface area contributed by atoms with E-state index < -0.39 is 25.8 Å². The molecule has 3 atom stereocenters. The van der Waals surface area contributed by atoms with Gasteiger partial charge in [0.05, 0.1) is 37.5 Å². The van der Waals surface area contributed by atoms with E-state index in [-0.39, 0.29) is 37.6 Å². The third-order valence-corrected chi connectivity index (χ3v) is 6.67. The molecule has 0 saturated heterocycles. The quantitative estimate of drug-likeness (QED) is 0.266. The van der Waals surface area contributed by atoms with Crippen LogP contribution in [0.5, 0.6) is 0 Å². The van der Waals surface area contributed by atoms with E-state index in [9.17, 15) is 9.36 Å². The Labute approximate surface area is 167 Å². The molecule has 28 heavy (non-hydrogen) atoms. The molecule has 0 aromatic carbocycles. The Balaban J connectivity index is 3.42. The van der Waals surface area contributed by atoms with Crippen LogP contribution in [0.2, 0.25) is 0 Å². The molecular weight excluding hydrogens is 383 g/mol. The van der Waals surface area contributed by atoms with Gasteiger partial charge in [-0.15, -0.1) is 0 Å². The Bertz CT molecular complexity index is 607. The van der Waals surface area contributed by atoms with Crippen molar-refractivity contribution in [3.05, 3.63) is 11.4 Å². The molecule has 1 aliphatic rings. The average Bonchev–Trinajstić information content (AvgIpc) is 2.61. The number of nitrogens with one attached hydrogen (secondary N) is 1. The lowest BCUT2D eigenvalue weighted by molar-refractivity contribution is -0.121. The highest BCUT2D eigenvalue weighted by Crippen LogP contribution is 2.59. The van der Waals surface area contributed by atoms with Crippen LogP contribution in [0.3, 0.4) is 0 Å². The van der Waals surface area contributed by atoms with Gasteiger partial charge >= 0.3 is 7.60 Å². The monoisotopic (exact) mass is 418 g/mol. The number of nitrogens with zero attached hydrogens (tertiary/aromatic N) is 1. The number of carbonyl (C=O) groups excluding carboxylic acids is 1. The Kier molecular flexibility index (Phi) is 10.2. The summed E-state index contributed by atoms with van der Waals surface area (Å²) in [6.45, 7) is 9.43. The molecule has 0 radical (unpaired) electrons. The third kappa shape index (κ3) is 6.88. The van der Waals surface area contributed by atoms with Gasteiger partial charge in [0, 0.05) is 18.7 Å². The maximum absolute atomic E-state index is 13.3. The predicted molar refractivity (Wildman–Crippen MR) is 110 cm³/mol. The molecule has 0 saturated carbocycles. The van der Waals surface area contributed by atoms with E-state index in [0.29, 0.717) is 5.31 Å². The minimum Gasteiger partial charge on any atom is -0.370 e. The summed E-state index contributed by atoms with van der Waals surface area (Å²) in [5.41, 5.74) is 11.2. The summed E-state index contributed by atoms with van der Waals surface area (Å²) in [5, 5.41) is 3.34. The maximum atomic E-state index is 13.3. The number of nitrogens with two attached hydrogens (primary N) is 2. The van der Waals surface area contributed by atoms with Gasteiger partial charge < -0.3 is 30.6 Å². The molecule has 0 bridgehead atoms. The summed E-state index contributed by atoms with van der Waals surface area (Å²) in [5.74, 6) is -0.348. The molecule has 9 nitrogen and oxygen atoms in total. The maximum Gasteiger partial charge on any atom is 0.357 e. The fourth-order valence-electron chi connectivity index (χ4n) is 3.23. The second kappa shape index (κ2) is 11.6. The van der Waals surface area contributed by atoms with E-state index in [1.807, 2.05) is 13.8 Å². The lowest BCUT2D eigenvalue weighted by atomic mass is 9.93. The van der Waals surface area contributed by atoms with E-state index in [1.165, 1.54) is 6.92 Å². The molecule has 162 valence electrons. The molecular formula is C18H35N4O5P. The lowest BCUT2D eigenvalue weighted by Gasteiger charge is -2.38. The van der Waals surface area contributed by atoms with Crippen LogP contribution in [0.4, 0.5) is 0 Å². The first-order valence-electron chi connectivity index (χ1n) is 9.82. The van der Waals surface area contributed by atoms with Crippen LogP contribution in [0.15, 0.2) is 16.4 Å². The highest BCUT2D eigenvalue weighted by molar-refractivity contribution is 7.58. The van der Waals surface area contributed by atoms with Crippen molar-refractivity contribution in [3.63, 3.8) is 0 Å². The van der Waals surface area contributed by atoms with Gasteiger partial charge in [-0.1, -0.05) is 13.8 Å². The van der Waals surface area contributed by atoms with E-state index in [4.69, 9.17) is 25.3 Å². The number of carbonyl (C=O) groups is 1. The summed E-state index contributed by atoms with van der Waals surface area (Å²) in [6, 6.07) is -1.05. The summed E-state index contributed by atoms with van der Waals surface area (Å²) >= 11 is 0. The molecule has 1 aliphatic carbocycles. The van der Waals surface area contributed by atoms with Crippen molar-refractivity contribution in [1.29, 1.82) is 0 Å². The van der Waals surface area contributed by atoms with Crippen LogP contribution in [0.25, 0.3) is 0 Å². The van der Waals surface area contributed by atoms with Gasteiger partial charge in [0.25, 0.3) is 0 Å². The smallest absolute Gasteiger partial charge is 0.357 e. The van der Waals surface area contributed by atoms with Gasteiger partial charge in [0.1, 0.15) is 0 Å². The molecule has 10 heteroatoms. The number of hydrogen-bond donors (Lipinski definition) is 3. The predicted octanol–water partition coefficient (Wildman–Crippen LogP) is 2.26. The summed E-state index contributed by atoms with van der Waals surface area (Å²) in [6.07, 6.45) is 2.96. The molecule has 0 fully saturated rings.